The fourth-order valence-electron chi connectivity index (χ4n) is 9.03. The summed E-state index contributed by atoms with van der Waals surface area (Å²) in [6.07, 6.45) is 0. The van der Waals surface area contributed by atoms with Crippen molar-refractivity contribution in [2.24, 2.45) is 0 Å². The zero-order valence-corrected chi connectivity index (χ0v) is 36.9. The zero-order chi connectivity index (χ0) is 44.8. The molecule has 0 saturated carbocycles. The van der Waals surface area contributed by atoms with Gasteiger partial charge in [0.1, 0.15) is 11.5 Å². The van der Waals surface area contributed by atoms with Gasteiger partial charge in [-0.05, 0) is 106 Å². The molecular weight excluding hydrogens is 813 g/mol. The molecule has 1 heterocycles. The van der Waals surface area contributed by atoms with Crippen LogP contribution in [0.2, 0.25) is 0 Å². The van der Waals surface area contributed by atoms with E-state index in [0.717, 1.165) is 101 Å². The molecule has 11 aromatic rings. The Balaban J connectivity index is 0.957. The number of benzene rings is 10. The molecule has 10 aromatic carbocycles. The third-order valence-corrected chi connectivity index (χ3v) is 12.3. The summed E-state index contributed by atoms with van der Waals surface area (Å²) >= 11 is 0. The van der Waals surface area contributed by atoms with Crippen LogP contribution >= 0.6 is 0 Å². The second kappa shape index (κ2) is 18.7. The maximum Gasteiger partial charge on any atom is 0.143 e. The number of anilines is 6. The number of para-hydroxylation sites is 4. The molecule has 3 heteroatoms. The molecule has 0 spiro atoms. The van der Waals surface area contributed by atoms with Crippen LogP contribution in [0, 0.1) is 0 Å². The van der Waals surface area contributed by atoms with Crippen LogP contribution in [-0.4, -0.2) is 0 Å². The Morgan fingerprint density at radius 2 is 0.388 bits per heavy atom. The predicted octanol–water partition coefficient (Wildman–Crippen LogP) is 18.2. The fraction of sp³-hybridized carbons (Fsp3) is 0. The van der Waals surface area contributed by atoms with Crippen molar-refractivity contribution < 1.29 is 4.42 Å². The van der Waals surface area contributed by atoms with E-state index in [4.69, 9.17) is 4.42 Å². The lowest BCUT2D eigenvalue weighted by molar-refractivity contribution is 0.599. The van der Waals surface area contributed by atoms with Crippen LogP contribution in [-0.2, 0) is 0 Å². The molecule has 318 valence electrons. The van der Waals surface area contributed by atoms with E-state index in [0.29, 0.717) is 0 Å². The van der Waals surface area contributed by atoms with Crippen molar-refractivity contribution in [3.05, 3.63) is 279 Å². The van der Waals surface area contributed by atoms with Crippen molar-refractivity contribution in [1.29, 1.82) is 0 Å². The Bertz CT molecular complexity index is 3010. The molecule has 0 aliphatic rings. The summed E-state index contributed by atoms with van der Waals surface area (Å²) in [5.41, 5.74) is 17.6. The molecule has 0 N–H and O–H groups in total. The zero-order valence-electron chi connectivity index (χ0n) is 36.9. The van der Waals surface area contributed by atoms with E-state index < -0.39 is 0 Å². The highest BCUT2D eigenvalue weighted by atomic mass is 16.3. The topological polar surface area (TPSA) is 19.6 Å². The van der Waals surface area contributed by atoms with Crippen LogP contribution in [0.25, 0.3) is 67.2 Å². The van der Waals surface area contributed by atoms with Gasteiger partial charge in [-0.1, -0.05) is 206 Å². The summed E-state index contributed by atoms with van der Waals surface area (Å²) in [5.74, 6) is 1.68. The summed E-state index contributed by atoms with van der Waals surface area (Å²) in [4.78, 5) is 4.58. The van der Waals surface area contributed by atoms with Gasteiger partial charge in [0, 0.05) is 56.4 Å². The number of furan rings is 1. The molecule has 0 unspecified atom stereocenters. The third kappa shape index (κ3) is 8.46. The summed E-state index contributed by atoms with van der Waals surface area (Å²) in [6, 6.07) is 98.6. The molecular formula is C64H46N2O. The summed E-state index contributed by atoms with van der Waals surface area (Å²) in [6.45, 7) is 0. The van der Waals surface area contributed by atoms with Crippen LogP contribution in [0.3, 0.4) is 0 Å². The van der Waals surface area contributed by atoms with Crippen molar-refractivity contribution in [2.45, 2.75) is 0 Å². The van der Waals surface area contributed by atoms with Crippen molar-refractivity contribution in [1.82, 2.24) is 0 Å². The maximum absolute atomic E-state index is 7.06. The molecule has 0 fully saturated rings. The Morgan fingerprint density at radius 3 is 0.657 bits per heavy atom. The smallest absolute Gasteiger partial charge is 0.143 e. The Labute approximate surface area is 392 Å². The number of hydrogen-bond donors (Lipinski definition) is 0. The van der Waals surface area contributed by atoms with E-state index in [9.17, 15) is 0 Å². The molecule has 0 saturated heterocycles. The van der Waals surface area contributed by atoms with Gasteiger partial charge in [-0.25, -0.2) is 0 Å². The highest BCUT2D eigenvalue weighted by Gasteiger charge is 2.25. The quantitative estimate of drug-likeness (QED) is 0.122. The minimum absolute atomic E-state index is 0.842. The minimum Gasteiger partial charge on any atom is -0.455 e. The molecule has 1 aromatic heterocycles. The molecule has 11 rings (SSSR count). The average Bonchev–Trinajstić information content (AvgIpc) is 3.82. The van der Waals surface area contributed by atoms with Crippen molar-refractivity contribution >= 4 is 34.1 Å². The number of nitrogens with zero attached hydrogens (tertiary/aromatic N) is 2. The van der Waals surface area contributed by atoms with E-state index >= 15 is 0 Å². The molecule has 67 heavy (non-hydrogen) atoms. The van der Waals surface area contributed by atoms with Crippen LogP contribution < -0.4 is 9.80 Å². The molecule has 0 aliphatic heterocycles. The van der Waals surface area contributed by atoms with Gasteiger partial charge in [-0.3, -0.25) is 0 Å². The van der Waals surface area contributed by atoms with Gasteiger partial charge in [-0.15, -0.1) is 0 Å². The second-order valence-electron chi connectivity index (χ2n) is 16.5. The summed E-state index contributed by atoms with van der Waals surface area (Å²) < 4.78 is 7.06. The normalized spacial score (nSPS) is 11.0. The Hall–Kier alpha value is -8.92. The molecule has 3 nitrogen and oxygen atoms in total. The second-order valence-corrected chi connectivity index (χ2v) is 16.5. The van der Waals surface area contributed by atoms with E-state index in [1.165, 1.54) is 0 Å². The van der Waals surface area contributed by atoms with Gasteiger partial charge < -0.3 is 14.2 Å². The fourth-order valence-corrected chi connectivity index (χ4v) is 9.03. The Kier molecular flexibility index (Phi) is 11.4. The largest absolute Gasteiger partial charge is 0.455 e. The van der Waals surface area contributed by atoms with Crippen LogP contribution in [0.5, 0.6) is 0 Å². The van der Waals surface area contributed by atoms with E-state index in [2.05, 4.69) is 289 Å². The molecule has 0 bridgehead atoms. The predicted molar refractivity (Wildman–Crippen MR) is 281 cm³/mol. The van der Waals surface area contributed by atoms with Gasteiger partial charge in [0.15, 0.2) is 0 Å². The van der Waals surface area contributed by atoms with Gasteiger partial charge in [-0.2, -0.15) is 0 Å². The van der Waals surface area contributed by atoms with Gasteiger partial charge in [0.25, 0.3) is 0 Å². The van der Waals surface area contributed by atoms with E-state index in [-0.39, 0.29) is 0 Å². The van der Waals surface area contributed by atoms with Gasteiger partial charge >= 0.3 is 0 Å². The SMILES string of the molecule is c1ccc(-c2oc(-c3ccccc3)c(-c3ccc(-c4ccc(N(c5ccccc5)c5ccccc5)cc4)cc3)c2-c2ccc(-c3ccc(N(c4ccccc4)c4ccccc4)cc3)cc2)cc1. The monoisotopic (exact) mass is 858 g/mol. The Morgan fingerprint density at radius 1 is 0.179 bits per heavy atom. The van der Waals surface area contributed by atoms with Crippen LogP contribution in [0.1, 0.15) is 0 Å². The number of rotatable bonds is 12. The first-order valence-corrected chi connectivity index (χ1v) is 22.7. The van der Waals surface area contributed by atoms with Crippen molar-refractivity contribution in [2.75, 3.05) is 9.80 Å². The van der Waals surface area contributed by atoms with Crippen molar-refractivity contribution in [3.8, 4) is 67.2 Å². The average molecular weight is 859 g/mol. The van der Waals surface area contributed by atoms with Gasteiger partial charge in [0.05, 0.1) is 0 Å². The summed E-state index contributed by atoms with van der Waals surface area (Å²) in [5, 5.41) is 0. The lowest BCUT2D eigenvalue weighted by Crippen LogP contribution is -2.09. The first-order valence-electron chi connectivity index (χ1n) is 22.7. The molecule has 0 radical (unpaired) electrons. The van der Waals surface area contributed by atoms with Crippen LogP contribution in [0.4, 0.5) is 34.1 Å². The van der Waals surface area contributed by atoms with Crippen LogP contribution in [0.15, 0.2) is 283 Å². The molecule has 0 amide bonds. The highest BCUT2D eigenvalue weighted by Crippen LogP contribution is 2.49. The lowest BCUT2D eigenvalue weighted by atomic mass is 9.90. The maximum atomic E-state index is 7.06. The standard InChI is InChI=1S/C64H46N2O/c1-7-19-53(20-8-1)63-61(51-35-31-47(32-36-51)49-39-43-59(44-40-49)65(55-23-11-3-12-24-55)56-25-13-4-14-26-56)62(64(67-63)54-21-9-2-10-22-54)52-37-33-48(34-38-52)50-41-45-60(46-42-50)66(57-27-15-5-16-28-57)58-29-17-6-18-30-58/h1-46H. The highest BCUT2D eigenvalue weighted by molar-refractivity contribution is 6.00. The molecule has 0 atom stereocenters. The van der Waals surface area contributed by atoms with E-state index in [1.807, 2.05) is 0 Å². The minimum atomic E-state index is 0.842. The van der Waals surface area contributed by atoms with Gasteiger partial charge in [0.2, 0.25) is 0 Å². The lowest BCUT2D eigenvalue weighted by Gasteiger charge is -2.25. The number of hydrogen-bond acceptors (Lipinski definition) is 3. The van der Waals surface area contributed by atoms with Crippen molar-refractivity contribution in [3.63, 3.8) is 0 Å². The van der Waals surface area contributed by atoms with E-state index in [1.54, 1.807) is 0 Å². The first-order chi connectivity index (χ1) is 33.2. The first kappa shape index (κ1) is 40.8. The third-order valence-electron chi connectivity index (χ3n) is 12.3. The summed E-state index contributed by atoms with van der Waals surface area (Å²) in [7, 11) is 0. The molecule has 0 aliphatic carbocycles.